The van der Waals surface area contributed by atoms with Crippen molar-refractivity contribution in [3.8, 4) is 0 Å². The van der Waals surface area contributed by atoms with Gasteiger partial charge in [-0.1, -0.05) is 46.0 Å². The normalized spacial score (nSPS) is 24.0. The molecule has 1 aliphatic heterocycles. The molecule has 1 rings (SSSR count). The van der Waals surface area contributed by atoms with Crippen molar-refractivity contribution in [1.82, 2.24) is 0 Å². The van der Waals surface area contributed by atoms with Gasteiger partial charge < -0.3 is 9.47 Å². The summed E-state index contributed by atoms with van der Waals surface area (Å²) in [6.07, 6.45) is 8.24. The zero-order chi connectivity index (χ0) is 10.9. The average molecular weight is 214 g/mol. The van der Waals surface area contributed by atoms with E-state index < -0.39 is 0 Å². The summed E-state index contributed by atoms with van der Waals surface area (Å²) in [4.78, 5) is 0. The fourth-order valence-corrected chi connectivity index (χ4v) is 2.33. The van der Waals surface area contributed by atoms with Crippen LogP contribution in [0.2, 0.25) is 0 Å². The molecule has 2 nitrogen and oxygen atoms in total. The van der Waals surface area contributed by atoms with Gasteiger partial charge in [0.2, 0.25) is 0 Å². The number of hydrogen-bond donors (Lipinski definition) is 0. The van der Waals surface area contributed by atoms with E-state index in [4.69, 9.17) is 9.47 Å². The third-order valence-corrected chi connectivity index (χ3v) is 3.14. The Labute approximate surface area is 94.3 Å². The highest BCUT2D eigenvalue weighted by Gasteiger charge is 2.19. The maximum atomic E-state index is 5.71. The van der Waals surface area contributed by atoms with Gasteiger partial charge in [-0.15, -0.1) is 0 Å². The summed E-state index contributed by atoms with van der Waals surface area (Å²) in [5.41, 5.74) is 0. The molecule has 0 bridgehead atoms. The molecule has 1 saturated heterocycles. The maximum absolute atomic E-state index is 5.71. The number of hydrogen-bond acceptors (Lipinski definition) is 2. The lowest BCUT2D eigenvalue weighted by atomic mass is 9.91. The summed E-state index contributed by atoms with van der Waals surface area (Å²) in [5, 5.41) is 0. The Hall–Kier alpha value is -0.0800. The van der Waals surface area contributed by atoms with Gasteiger partial charge in [0.15, 0.2) is 0 Å². The smallest absolute Gasteiger partial charge is 0.0812 e. The predicted molar refractivity (Wildman–Crippen MR) is 63.1 cm³/mol. The van der Waals surface area contributed by atoms with Crippen molar-refractivity contribution >= 4 is 0 Å². The molecule has 90 valence electrons. The second-order valence-corrected chi connectivity index (χ2v) is 4.60. The molecule has 2 atom stereocenters. The summed E-state index contributed by atoms with van der Waals surface area (Å²) in [6, 6.07) is 0. The molecule has 1 fully saturated rings. The fourth-order valence-electron chi connectivity index (χ4n) is 2.33. The Morgan fingerprint density at radius 3 is 2.60 bits per heavy atom. The molecule has 0 aromatic rings. The second kappa shape index (κ2) is 8.12. The Kier molecular flexibility index (Phi) is 7.03. The molecule has 0 aromatic heterocycles. The van der Waals surface area contributed by atoms with Crippen LogP contribution < -0.4 is 0 Å². The van der Waals surface area contributed by atoms with Crippen LogP contribution >= 0.6 is 0 Å². The fraction of sp³-hybridized carbons (Fsp3) is 1.00. The van der Waals surface area contributed by atoms with E-state index in [9.17, 15) is 0 Å². The van der Waals surface area contributed by atoms with Gasteiger partial charge in [-0.3, -0.25) is 0 Å². The predicted octanol–water partition coefficient (Wildman–Crippen LogP) is 3.40. The first-order valence-corrected chi connectivity index (χ1v) is 6.56. The van der Waals surface area contributed by atoms with E-state index in [0.717, 1.165) is 25.7 Å². The highest BCUT2D eigenvalue weighted by atomic mass is 16.6. The van der Waals surface area contributed by atoms with Gasteiger partial charge in [-0.05, 0) is 12.3 Å². The van der Waals surface area contributed by atoms with Gasteiger partial charge in [-0.2, -0.15) is 0 Å². The molecular formula is C13H26O2. The van der Waals surface area contributed by atoms with Crippen LogP contribution in [0, 0.1) is 5.92 Å². The van der Waals surface area contributed by atoms with Gasteiger partial charge in [0.25, 0.3) is 0 Å². The summed E-state index contributed by atoms with van der Waals surface area (Å²) < 4.78 is 11.2. The van der Waals surface area contributed by atoms with E-state index in [1.165, 1.54) is 38.5 Å². The molecule has 2 heteroatoms. The van der Waals surface area contributed by atoms with Crippen LogP contribution in [-0.2, 0) is 9.47 Å². The molecule has 0 radical (unpaired) electrons. The molecular weight excluding hydrogens is 188 g/mol. The highest BCUT2D eigenvalue weighted by molar-refractivity contribution is 4.68. The van der Waals surface area contributed by atoms with E-state index >= 15 is 0 Å². The summed E-state index contributed by atoms with van der Waals surface area (Å²) in [7, 11) is 0. The molecule has 0 N–H and O–H groups in total. The molecule has 0 saturated carbocycles. The van der Waals surface area contributed by atoms with E-state index in [0.29, 0.717) is 6.10 Å². The first-order chi connectivity index (χ1) is 7.36. The Morgan fingerprint density at radius 2 is 2.00 bits per heavy atom. The van der Waals surface area contributed by atoms with Crippen LogP contribution in [0.3, 0.4) is 0 Å². The third kappa shape index (κ3) is 5.53. The van der Waals surface area contributed by atoms with Gasteiger partial charge in [0, 0.05) is 0 Å². The summed E-state index contributed by atoms with van der Waals surface area (Å²) >= 11 is 0. The first-order valence-electron chi connectivity index (χ1n) is 6.56. The van der Waals surface area contributed by atoms with E-state index in [-0.39, 0.29) is 0 Å². The average Bonchev–Trinajstić information content (AvgIpc) is 2.28. The van der Waals surface area contributed by atoms with Crippen molar-refractivity contribution in [1.29, 1.82) is 0 Å². The molecule has 1 heterocycles. The van der Waals surface area contributed by atoms with Crippen LogP contribution in [0.25, 0.3) is 0 Å². The Morgan fingerprint density at radius 1 is 1.13 bits per heavy atom. The van der Waals surface area contributed by atoms with Gasteiger partial charge in [0.05, 0.1) is 25.9 Å². The number of unbranched alkanes of at least 4 members (excludes halogenated alkanes) is 1. The van der Waals surface area contributed by atoms with Crippen LogP contribution in [0.5, 0.6) is 0 Å². The van der Waals surface area contributed by atoms with Crippen molar-refractivity contribution in [2.75, 3.05) is 19.8 Å². The van der Waals surface area contributed by atoms with Gasteiger partial charge >= 0.3 is 0 Å². The standard InChI is InChI=1S/C13H26O2/c1-3-5-7-12(6-4-2)10-13-11-14-8-9-15-13/h12-13H,3-11H2,1-2H3/t12?,13-/m1/s1. The molecule has 1 unspecified atom stereocenters. The molecule has 15 heavy (non-hydrogen) atoms. The molecule has 0 amide bonds. The van der Waals surface area contributed by atoms with E-state index in [2.05, 4.69) is 13.8 Å². The molecule has 0 aliphatic carbocycles. The third-order valence-electron chi connectivity index (χ3n) is 3.14. The molecule has 0 spiro atoms. The van der Waals surface area contributed by atoms with Gasteiger partial charge in [-0.25, -0.2) is 0 Å². The van der Waals surface area contributed by atoms with Crippen molar-refractivity contribution in [3.63, 3.8) is 0 Å². The zero-order valence-electron chi connectivity index (χ0n) is 10.3. The minimum absolute atomic E-state index is 0.368. The molecule has 1 aliphatic rings. The first kappa shape index (κ1) is 13.0. The summed E-state index contributed by atoms with van der Waals surface area (Å²) in [6.45, 7) is 6.92. The monoisotopic (exact) mass is 214 g/mol. The quantitative estimate of drug-likeness (QED) is 0.646. The SMILES string of the molecule is CCCCC(CCC)C[C@@H]1COCCO1. The second-order valence-electron chi connectivity index (χ2n) is 4.60. The number of ether oxygens (including phenoxy) is 2. The Balaban J connectivity index is 2.21. The minimum atomic E-state index is 0.368. The van der Waals surface area contributed by atoms with Crippen molar-refractivity contribution in [2.45, 2.75) is 58.5 Å². The maximum Gasteiger partial charge on any atom is 0.0812 e. The summed E-state index contributed by atoms with van der Waals surface area (Å²) in [5.74, 6) is 0.849. The zero-order valence-corrected chi connectivity index (χ0v) is 10.3. The van der Waals surface area contributed by atoms with Crippen molar-refractivity contribution in [3.05, 3.63) is 0 Å². The topological polar surface area (TPSA) is 18.5 Å². The van der Waals surface area contributed by atoms with Crippen LogP contribution in [-0.4, -0.2) is 25.9 Å². The largest absolute Gasteiger partial charge is 0.376 e. The van der Waals surface area contributed by atoms with E-state index in [1.54, 1.807) is 0 Å². The van der Waals surface area contributed by atoms with Crippen molar-refractivity contribution in [2.24, 2.45) is 5.92 Å². The van der Waals surface area contributed by atoms with Crippen LogP contribution in [0.15, 0.2) is 0 Å². The van der Waals surface area contributed by atoms with Crippen LogP contribution in [0.4, 0.5) is 0 Å². The highest BCUT2D eigenvalue weighted by Crippen LogP contribution is 2.22. The van der Waals surface area contributed by atoms with Crippen molar-refractivity contribution < 1.29 is 9.47 Å². The lowest BCUT2D eigenvalue weighted by Crippen LogP contribution is -2.30. The lowest BCUT2D eigenvalue weighted by molar-refractivity contribution is -0.0964. The molecule has 0 aromatic carbocycles. The number of rotatable bonds is 7. The van der Waals surface area contributed by atoms with E-state index in [1.807, 2.05) is 0 Å². The minimum Gasteiger partial charge on any atom is -0.376 e. The lowest BCUT2D eigenvalue weighted by Gasteiger charge is -2.27. The Bertz CT molecular complexity index is 141. The van der Waals surface area contributed by atoms with Gasteiger partial charge in [0.1, 0.15) is 0 Å². The van der Waals surface area contributed by atoms with Crippen LogP contribution in [0.1, 0.15) is 52.4 Å².